The molecule has 0 aliphatic carbocycles. The number of amides is 1. The molecule has 2 N–H and O–H groups in total. The molecule has 6 nitrogen and oxygen atoms in total. The Morgan fingerprint density at radius 3 is 2.41 bits per heavy atom. The van der Waals surface area contributed by atoms with E-state index in [2.05, 4.69) is 40.9 Å². The van der Waals surface area contributed by atoms with Gasteiger partial charge in [0.25, 0.3) is 5.91 Å². The van der Waals surface area contributed by atoms with Gasteiger partial charge in [-0.25, -0.2) is 4.98 Å². The molecule has 4 rings (SSSR count). The van der Waals surface area contributed by atoms with Crippen LogP contribution in [0.5, 0.6) is 5.75 Å². The summed E-state index contributed by atoms with van der Waals surface area (Å²) in [6.45, 7) is 10.9. The van der Waals surface area contributed by atoms with Crippen molar-refractivity contribution in [3.63, 3.8) is 0 Å². The predicted molar refractivity (Wildman–Crippen MR) is 138 cm³/mol. The van der Waals surface area contributed by atoms with Gasteiger partial charge < -0.3 is 15.3 Å². The van der Waals surface area contributed by atoms with Crippen molar-refractivity contribution in [1.29, 1.82) is 0 Å². The average Bonchev–Trinajstić information content (AvgIpc) is 3.06. The fourth-order valence-corrected chi connectivity index (χ4v) is 4.22. The van der Waals surface area contributed by atoms with Crippen molar-refractivity contribution < 1.29 is 9.90 Å². The molecule has 0 radical (unpaired) electrons. The lowest BCUT2D eigenvalue weighted by Gasteiger charge is -2.23. The van der Waals surface area contributed by atoms with Crippen molar-refractivity contribution in [2.75, 3.05) is 36.4 Å². The number of carbonyl (C=O) groups is 1. The van der Waals surface area contributed by atoms with Gasteiger partial charge in [0, 0.05) is 43.9 Å². The number of rotatable bonds is 5. The van der Waals surface area contributed by atoms with E-state index in [4.69, 9.17) is 0 Å². The molecule has 1 aliphatic rings. The standard InChI is InChI=1S/C28H34N4O2/c1-28(2,3)23-11-9-21(10-12-23)27(34)30-24-13-14-26(29-19-24)32-16-6-15-31(17-18-32)20-22-7-4-5-8-25(22)33/h4-5,7-14,19,33H,6,15-18,20H2,1-3H3,(H,30,34). The van der Waals surface area contributed by atoms with Crippen LogP contribution >= 0.6 is 0 Å². The highest BCUT2D eigenvalue weighted by Gasteiger charge is 2.18. The minimum atomic E-state index is -0.135. The monoisotopic (exact) mass is 458 g/mol. The molecule has 1 aliphatic heterocycles. The number of para-hydroxylation sites is 1. The second-order valence-electron chi connectivity index (χ2n) is 9.93. The number of phenols is 1. The third-order valence-corrected chi connectivity index (χ3v) is 6.32. The number of aromatic nitrogens is 1. The van der Waals surface area contributed by atoms with Gasteiger partial charge in [-0.15, -0.1) is 0 Å². The lowest BCUT2D eigenvalue weighted by Crippen LogP contribution is -2.31. The SMILES string of the molecule is CC(C)(C)c1ccc(C(=O)Nc2ccc(N3CCCN(Cc4ccccc4O)CC3)nc2)cc1. The van der Waals surface area contributed by atoms with E-state index in [0.29, 0.717) is 17.0 Å². The number of aromatic hydroxyl groups is 1. The number of hydrogen-bond acceptors (Lipinski definition) is 5. The Labute approximate surface area is 202 Å². The maximum Gasteiger partial charge on any atom is 0.255 e. The van der Waals surface area contributed by atoms with Gasteiger partial charge in [0.05, 0.1) is 11.9 Å². The van der Waals surface area contributed by atoms with Crippen molar-refractivity contribution in [3.8, 4) is 5.75 Å². The van der Waals surface area contributed by atoms with Gasteiger partial charge in [0.15, 0.2) is 0 Å². The number of hydrogen-bond donors (Lipinski definition) is 2. The molecular formula is C28H34N4O2. The highest BCUT2D eigenvalue weighted by atomic mass is 16.3. The first-order chi connectivity index (χ1) is 16.3. The summed E-state index contributed by atoms with van der Waals surface area (Å²) in [7, 11) is 0. The van der Waals surface area contributed by atoms with Crippen LogP contribution in [0.1, 0.15) is 48.7 Å². The van der Waals surface area contributed by atoms with Crippen LogP contribution in [0.4, 0.5) is 11.5 Å². The van der Waals surface area contributed by atoms with Crippen molar-refractivity contribution >= 4 is 17.4 Å². The van der Waals surface area contributed by atoms with Crippen molar-refractivity contribution in [2.45, 2.75) is 39.2 Å². The fourth-order valence-electron chi connectivity index (χ4n) is 4.22. The molecule has 1 saturated heterocycles. The Kier molecular flexibility index (Phi) is 7.17. The van der Waals surface area contributed by atoms with Crippen LogP contribution in [0.3, 0.4) is 0 Å². The normalized spacial score (nSPS) is 15.1. The minimum Gasteiger partial charge on any atom is -0.508 e. The summed E-state index contributed by atoms with van der Waals surface area (Å²) in [5.74, 6) is 1.13. The molecule has 2 heterocycles. The van der Waals surface area contributed by atoms with Gasteiger partial charge >= 0.3 is 0 Å². The van der Waals surface area contributed by atoms with E-state index < -0.39 is 0 Å². The lowest BCUT2D eigenvalue weighted by molar-refractivity contribution is 0.102. The largest absolute Gasteiger partial charge is 0.508 e. The molecule has 0 bridgehead atoms. The van der Waals surface area contributed by atoms with E-state index in [0.717, 1.165) is 50.5 Å². The van der Waals surface area contributed by atoms with Crippen LogP contribution in [0.15, 0.2) is 66.9 Å². The van der Waals surface area contributed by atoms with E-state index in [9.17, 15) is 9.90 Å². The van der Waals surface area contributed by atoms with E-state index in [1.54, 1.807) is 12.3 Å². The maximum absolute atomic E-state index is 12.6. The van der Waals surface area contributed by atoms with Gasteiger partial charge in [-0.05, 0) is 47.7 Å². The molecule has 1 amide bonds. The first-order valence-corrected chi connectivity index (χ1v) is 11.9. The third kappa shape index (κ3) is 5.94. The van der Waals surface area contributed by atoms with Gasteiger partial charge in [-0.1, -0.05) is 51.1 Å². The number of pyridine rings is 1. The smallest absolute Gasteiger partial charge is 0.255 e. The molecule has 0 saturated carbocycles. The number of phenolic OH excluding ortho intramolecular Hbond substituents is 1. The molecule has 0 atom stereocenters. The van der Waals surface area contributed by atoms with Crippen molar-refractivity contribution in [3.05, 3.63) is 83.6 Å². The maximum atomic E-state index is 12.6. The summed E-state index contributed by atoms with van der Waals surface area (Å²) < 4.78 is 0. The highest BCUT2D eigenvalue weighted by molar-refractivity contribution is 6.04. The Morgan fingerprint density at radius 2 is 1.74 bits per heavy atom. The zero-order valence-electron chi connectivity index (χ0n) is 20.3. The van der Waals surface area contributed by atoms with Crippen LogP contribution < -0.4 is 10.2 Å². The molecule has 0 spiro atoms. The summed E-state index contributed by atoms with van der Waals surface area (Å²) in [6, 6.07) is 19.2. The Hall–Kier alpha value is -3.38. The fraction of sp³-hybridized carbons (Fsp3) is 0.357. The second kappa shape index (κ2) is 10.3. The third-order valence-electron chi connectivity index (χ3n) is 6.32. The van der Waals surface area contributed by atoms with Gasteiger partial charge in [0.2, 0.25) is 0 Å². The Balaban J connectivity index is 1.33. The molecule has 1 aromatic heterocycles. The topological polar surface area (TPSA) is 68.7 Å². The van der Waals surface area contributed by atoms with Crippen LogP contribution in [-0.4, -0.2) is 47.1 Å². The molecule has 3 aromatic rings. The zero-order chi connectivity index (χ0) is 24.1. The van der Waals surface area contributed by atoms with Gasteiger partial charge in [0.1, 0.15) is 11.6 Å². The van der Waals surface area contributed by atoms with Crippen LogP contribution in [-0.2, 0) is 12.0 Å². The summed E-state index contributed by atoms with van der Waals surface area (Å²) >= 11 is 0. The van der Waals surface area contributed by atoms with Crippen LogP contribution in [0.25, 0.3) is 0 Å². The van der Waals surface area contributed by atoms with Crippen molar-refractivity contribution in [2.24, 2.45) is 0 Å². The molecule has 2 aromatic carbocycles. The number of anilines is 2. The summed E-state index contributed by atoms with van der Waals surface area (Å²) in [4.78, 5) is 21.9. The number of nitrogens with zero attached hydrogens (tertiary/aromatic N) is 3. The predicted octanol–water partition coefficient (Wildman–Crippen LogP) is 5.05. The molecule has 1 fully saturated rings. The van der Waals surface area contributed by atoms with E-state index >= 15 is 0 Å². The molecule has 34 heavy (non-hydrogen) atoms. The first-order valence-electron chi connectivity index (χ1n) is 11.9. The lowest BCUT2D eigenvalue weighted by atomic mass is 9.87. The van der Waals surface area contributed by atoms with E-state index in [1.165, 1.54) is 5.56 Å². The van der Waals surface area contributed by atoms with Crippen LogP contribution in [0.2, 0.25) is 0 Å². The second-order valence-corrected chi connectivity index (χ2v) is 9.93. The molecule has 6 heteroatoms. The van der Waals surface area contributed by atoms with Gasteiger partial charge in [-0.3, -0.25) is 9.69 Å². The van der Waals surface area contributed by atoms with Gasteiger partial charge in [-0.2, -0.15) is 0 Å². The van der Waals surface area contributed by atoms with Crippen molar-refractivity contribution in [1.82, 2.24) is 9.88 Å². The van der Waals surface area contributed by atoms with E-state index in [-0.39, 0.29) is 11.3 Å². The zero-order valence-corrected chi connectivity index (χ0v) is 20.3. The summed E-state index contributed by atoms with van der Waals surface area (Å²) in [5.41, 5.74) is 3.54. The Morgan fingerprint density at radius 1 is 0.971 bits per heavy atom. The number of nitrogens with one attached hydrogen (secondary N) is 1. The quantitative estimate of drug-likeness (QED) is 0.560. The van der Waals surface area contributed by atoms with Crippen LogP contribution in [0, 0.1) is 0 Å². The first kappa shape index (κ1) is 23.8. The summed E-state index contributed by atoms with van der Waals surface area (Å²) in [6.07, 6.45) is 2.75. The summed E-state index contributed by atoms with van der Waals surface area (Å²) in [5, 5.41) is 13.0. The number of carbonyl (C=O) groups excluding carboxylic acids is 1. The van der Waals surface area contributed by atoms with E-state index in [1.807, 2.05) is 54.6 Å². The average molecular weight is 459 g/mol. The molecule has 178 valence electrons. The molecular weight excluding hydrogens is 424 g/mol. The number of benzene rings is 2. The Bertz CT molecular complexity index is 1100. The minimum absolute atomic E-state index is 0.0580. The molecule has 0 unspecified atom stereocenters. The highest BCUT2D eigenvalue weighted by Crippen LogP contribution is 2.23.